The number of anilines is 1. The molecule has 0 unspecified atom stereocenters. The number of nitrogens with one attached hydrogen (secondary N) is 1. The fourth-order valence-corrected chi connectivity index (χ4v) is 4.18. The van der Waals surface area contributed by atoms with Gasteiger partial charge in [0.1, 0.15) is 0 Å². The van der Waals surface area contributed by atoms with Crippen LogP contribution in [-0.4, -0.2) is 37.6 Å². The number of nitrogens with zero attached hydrogens (tertiary/aromatic N) is 1. The minimum atomic E-state index is -0.314. The molecule has 0 atom stereocenters. The highest BCUT2D eigenvalue weighted by molar-refractivity contribution is 9.10. The molecule has 0 saturated heterocycles. The third kappa shape index (κ3) is 4.75. The quantitative estimate of drug-likeness (QED) is 0.749. The van der Waals surface area contributed by atoms with Gasteiger partial charge in [-0.1, -0.05) is 15.9 Å². The number of methoxy groups -OCH3 is 1. The number of hydrogen-bond acceptors (Lipinski definition) is 4. The lowest BCUT2D eigenvalue weighted by Crippen LogP contribution is -2.44. The maximum absolute atomic E-state index is 12.1. The normalized spacial score (nSPS) is 20.0. The van der Waals surface area contributed by atoms with Crippen LogP contribution in [-0.2, 0) is 9.53 Å². The van der Waals surface area contributed by atoms with E-state index in [9.17, 15) is 9.59 Å². The molecule has 138 valence electrons. The smallest absolute Gasteiger partial charge is 0.338 e. The van der Waals surface area contributed by atoms with E-state index < -0.39 is 0 Å². The van der Waals surface area contributed by atoms with Crippen LogP contribution in [0.25, 0.3) is 0 Å². The zero-order valence-corrected chi connectivity index (χ0v) is 17.0. The molecule has 1 aliphatic rings. The van der Waals surface area contributed by atoms with Crippen LogP contribution in [0.3, 0.4) is 0 Å². The lowest BCUT2D eigenvalue weighted by atomic mass is 9.89. The van der Waals surface area contributed by atoms with Crippen molar-refractivity contribution in [1.29, 1.82) is 0 Å². The molecule has 5 nitrogen and oxygen atoms in total. The van der Waals surface area contributed by atoms with Crippen molar-refractivity contribution in [3.05, 3.63) is 27.7 Å². The van der Waals surface area contributed by atoms with Crippen LogP contribution in [0.4, 0.5) is 5.69 Å². The van der Waals surface area contributed by atoms with Gasteiger partial charge < -0.3 is 15.0 Å². The van der Waals surface area contributed by atoms with Gasteiger partial charge in [-0.25, -0.2) is 4.79 Å². The van der Waals surface area contributed by atoms with E-state index in [0.29, 0.717) is 11.6 Å². The van der Waals surface area contributed by atoms with Crippen molar-refractivity contribution in [2.45, 2.75) is 58.5 Å². The van der Waals surface area contributed by atoms with Gasteiger partial charge in [-0.15, -0.1) is 0 Å². The second-order valence-corrected chi connectivity index (χ2v) is 7.50. The number of amides is 1. The van der Waals surface area contributed by atoms with Crippen LogP contribution in [0.1, 0.15) is 55.5 Å². The highest BCUT2D eigenvalue weighted by Crippen LogP contribution is 2.33. The standard InChI is InChI=1S/C19H27BrN2O3/c1-5-22(16-8-6-15(7-9-16)21-13(3)23)18-11-14(20)10-17(12(18)2)19(24)25-4/h10-11,15-16H,5-9H2,1-4H3,(H,21,23). The fraction of sp³-hybridized carbons (Fsp3) is 0.579. The van der Waals surface area contributed by atoms with E-state index in [4.69, 9.17) is 4.74 Å². The summed E-state index contributed by atoms with van der Waals surface area (Å²) >= 11 is 3.52. The number of ether oxygens (including phenoxy) is 1. The van der Waals surface area contributed by atoms with Crippen LogP contribution in [0.2, 0.25) is 0 Å². The topological polar surface area (TPSA) is 58.6 Å². The highest BCUT2D eigenvalue weighted by atomic mass is 79.9. The number of carbonyl (C=O) groups excluding carboxylic acids is 2. The maximum Gasteiger partial charge on any atom is 0.338 e. The number of rotatable bonds is 5. The van der Waals surface area contributed by atoms with E-state index >= 15 is 0 Å². The van der Waals surface area contributed by atoms with Gasteiger partial charge in [-0.3, -0.25) is 4.79 Å². The molecule has 1 amide bonds. The van der Waals surface area contributed by atoms with E-state index in [0.717, 1.165) is 48.0 Å². The van der Waals surface area contributed by atoms with E-state index in [-0.39, 0.29) is 17.9 Å². The Bertz CT molecular complexity index is 640. The Balaban J connectivity index is 2.22. The molecule has 1 aromatic carbocycles. The summed E-state index contributed by atoms with van der Waals surface area (Å²) < 4.78 is 5.79. The van der Waals surface area contributed by atoms with Gasteiger partial charge in [0, 0.05) is 35.7 Å². The summed E-state index contributed by atoms with van der Waals surface area (Å²) in [5, 5.41) is 3.02. The van der Waals surface area contributed by atoms with Gasteiger partial charge in [-0.05, 0) is 57.2 Å². The minimum Gasteiger partial charge on any atom is -0.465 e. The van der Waals surface area contributed by atoms with Crippen LogP contribution in [0, 0.1) is 6.92 Å². The second kappa shape index (κ2) is 8.70. The minimum absolute atomic E-state index is 0.0429. The molecular weight excluding hydrogens is 384 g/mol. The second-order valence-electron chi connectivity index (χ2n) is 6.58. The van der Waals surface area contributed by atoms with Crippen molar-refractivity contribution in [3.8, 4) is 0 Å². The van der Waals surface area contributed by atoms with Gasteiger partial charge >= 0.3 is 5.97 Å². The molecule has 0 radical (unpaired) electrons. The first-order chi connectivity index (χ1) is 11.9. The molecule has 0 aromatic heterocycles. The van der Waals surface area contributed by atoms with Gasteiger partial charge in [-0.2, -0.15) is 0 Å². The summed E-state index contributed by atoms with van der Waals surface area (Å²) in [6, 6.07) is 4.58. The molecule has 0 aliphatic heterocycles. The van der Waals surface area contributed by atoms with E-state index in [1.165, 1.54) is 7.11 Å². The molecule has 0 bridgehead atoms. The Kier molecular flexibility index (Phi) is 6.87. The van der Waals surface area contributed by atoms with Crippen molar-refractivity contribution >= 4 is 33.5 Å². The van der Waals surface area contributed by atoms with Gasteiger partial charge in [0.25, 0.3) is 0 Å². The van der Waals surface area contributed by atoms with Crippen molar-refractivity contribution in [1.82, 2.24) is 5.32 Å². The SMILES string of the molecule is CCN(c1cc(Br)cc(C(=O)OC)c1C)C1CCC(NC(C)=O)CC1. The van der Waals surface area contributed by atoms with Gasteiger partial charge in [0.05, 0.1) is 12.7 Å². The first-order valence-electron chi connectivity index (χ1n) is 8.79. The Morgan fingerprint density at radius 2 is 1.92 bits per heavy atom. The van der Waals surface area contributed by atoms with Crippen molar-refractivity contribution < 1.29 is 14.3 Å². The molecule has 6 heteroatoms. The Hall–Kier alpha value is -1.56. The highest BCUT2D eigenvalue weighted by Gasteiger charge is 2.27. The summed E-state index contributed by atoms with van der Waals surface area (Å²) in [5.74, 6) is -0.271. The first kappa shape index (κ1) is 19.8. The molecule has 0 spiro atoms. The largest absolute Gasteiger partial charge is 0.465 e. The van der Waals surface area contributed by atoms with Crippen molar-refractivity contribution in [2.24, 2.45) is 0 Å². The molecule has 1 fully saturated rings. The lowest BCUT2D eigenvalue weighted by molar-refractivity contribution is -0.119. The van der Waals surface area contributed by atoms with Crippen LogP contribution in [0.15, 0.2) is 16.6 Å². The zero-order valence-electron chi connectivity index (χ0n) is 15.4. The fourth-order valence-electron chi connectivity index (χ4n) is 3.73. The maximum atomic E-state index is 12.1. The Morgan fingerprint density at radius 3 is 2.44 bits per heavy atom. The number of esters is 1. The lowest BCUT2D eigenvalue weighted by Gasteiger charge is -2.39. The monoisotopic (exact) mass is 410 g/mol. The summed E-state index contributed by atoms with van der Waals surface area (Å²) in [6.45, 7) is 6.55. The molecule has 1 aromatic rings. The third-order valence-corrected chi connectivity index (χ3v) is 5.40. The van der Waals surface area contributed by atoms with Crippen LogP contribution >= 0.6 is 15.9 Å². The number of hydrogen-bond donors (Lipinski definition) is 1. The number of benzene rings is 1. The van der Waals surface area contributed by atoms with Crippen LogP contribution in [0.5, 0.6) is 0 Å². The van der Waals surface area contributed by atoms with E-state index in [1.807, 2.05) is 13.0 Å². The predicted molar refractivity (Wildman–Crippen MR) is 103 cm³/mol. The molecule has 25 heavy (non-hydrogen) atoms. The summed E-state index contributed by atoms with van der Waals surface area (Å²) in [7, 11) is 1.41. The molecule has 1 N–H and O–H groups in total. The summed E-state index contributed by atoms with van der Waals surface area (Å²) in [4.78, 5) is 25.7. The summed E-state index contributed by atoms with van der Waals surface area (Å²) in [6.07, 6.45) is 4.02. The molecule has 1 saturated carbocycles. The molecule has 2 rings (SSSR count). The van der Waals surface area contributed by atoms with Crippen molar-refractivity contribution in [2.75, 3.05) is 18.6 Å². The van der Waals surface area contributed by atoms with E-state index in [2.05, 4.69) is 39.1 Å². The predicted octanol–water partition coefficient (Wildman–Crippen LogP) is 3.82. The van der Waals surface area contributed by atoms with Crippen LogP contribution < -0.4 is 10.2 Å². The number of carbonyl (C=O) groups is 2. The number of halogens is 1. The van der Waals surface area contributed by atoms with Gasteiger partial charge in [0.2, 0.25) is 5.91 Å². The third-order valence-electron chi connectivity index (χ3n) is 4.95. The zero-order chi connectivity index (χ0) is 18.6. The summed E-state index contributed by atoms with van der Waals surface area (Å²) in [5.41, 5.74) is 2.61. The Labute approximate surface area is 158 Å². The van der Waals surface area contributed by atoms with Gasteiger partial charge in [0.15, 0.2) is 0 Å². The first-order valence-corrected chi connectivity index (χ1v) is 9.58. The Morgan fingerprint density at radius 1 is 1.28 bits per heavy atom. The molecule has 1 aliphatic carbocycles. The molecule has 0 heterocycles. The average Bonchev–Trinajstić information content (AvgIpc) is 2.58. The van der Waals surface area contributed by atoms with E-state index in [1.54, 1.807) is 6.92 Å². The molecular formula is C19H27BrN2O3. The average molecular weight is 411 g/mol. The van der Waals surface area contributed by atoms with Crippen molar-refractivity contribution in [3.63, 3.8) is 0 Å².